The topological polar surface area (TPSA) is 24.7 Å². The van der Waals surface area contributed by atoms with Gasteiger partial charge in [-0.15, -0.1) is 0 Å². The molecule has 13 heavy (non-hydrogen) atoms. The maximum atomic E-state index is 4.40. The second-order valence-electron chi connectivity index (χ2n) is 2.66. The number of rotatable bonds is 2. The molecular formula is C11H14N2. The van der Waals surface area contributed by atoms with E-state index in [2.05, 4.69) is 22.6 Å². The first-order valence-electron chi connectivity index (χ1n) is 4.35. The van der Waals surface area contributed by atoms with Crippen molar-refractivity contribution in [2.24, 2.45) is 9.98 Å². The first-order valence-corrected chi connectivity index (χ1v) is 4.35. The van der Waals surface area contributed by atoms with Gasteiger partial charge in [0.2, 0.25) is 0 Å². The molecule has 0 aromatic carbocycles. The zero-order chi connectivity index (χ0) is 9.52. The molecule has 0 aromatic rings. The fraction of sp³-hybridized carbons (Fsp3) is 0.273. The fourth-order valence-electron chi connectivity index (χ4n) is 1.11. The normalized spacial score (nSPS) is 20.1. The molecular weight excluding hydrogens is 160 g/mol. The van der Waals surface area contributed by atoms with Crippen LogP contribution >= 0.6 is 0 Å². The SMILES string of the molecule is C=CC(=NC)C1=NCC/C=C/C=C1. The lowest BCUT2D eigenvalue weighted by Gasteiger charge is -2.01. The van der Waals surface area contributed by atoms with E-state index in [1.165, 1.54) is 0 Å². The summed E-state index contributed by atoms with van der Waals surface area (Å²) in [5, 5.41) is 0. The van der Waals surface area contributed by atoms with Crippen LogP contribution in [-0.2, 0) is 0 Å². The third kappa shape index (κ3) is 2.82. The van der Waals surface area contributed by atoms with Gasteiger partial charge in [0.25, 0.3) is 0 Å². The summed E-state index contributed by atoms with van der Waals surface area (Å²) in [7, 11) is 1.75. The number of aliphatic imine (C=N–C) groups is 2. The molecule has 1 heterocycles. The summed E-state index contributed by atoms with van der Waals surface area (Å²) < 4.78 is 0. The number of hydrogen-bond donors (Lipinski definition) is 0. The molecule has 1 rings (SSSR count). The Hall–Kier alpha value is -1.44. The molecule has 2 nitrogen and oxygen atoms in total. The van der Waals surface area contributed by atoms with E-state index in [-0.39, 0.29) is 0 Å². The van der Waals surface area contributed by atoms with Gasteiger partial charge in [-0.2, -0.15) is 0 Å². The fourth-order valence-corrected chi connectivity index (χ4v) is 1.11. The van der Waals surface area contributed by atoms with Crippen LogP contribution in [0.15, 0.2) is 46.9 Å². The molecule has 1 aliphatic heterocycles. The summed E-state index contributed by atoms with van der Waals surface area (Å²) in [6.07, 6.45) is 10.8. The largest absolute Gasteiger partial charge is 0.286 e. The van der Waals surface area contributed by atoms with Crippen molar-refractivity contribution >= 4 is 11.4 Å². The maximum absolute atomic E-state index is 4.40. The van der Waals surface area contributed by atoms with Crippen LogP contribution < -0.4 is 0 Å². The lowest BCUT2D eigenvalue weighted by Crippen LogP contribution is -2.09. The van der Waals surface area contributed by atoms with Crippen LogP contribution in [-0.4, -0.2) is 25.0 Å². The second kappa shape index (κ2) is 5.25. The van der Waals surface area contributed by atoms with E-state index in [0.717, 1.165) is 24.4 Å². The lowest BCUT2D eigenvalue weighted by atomic mass is 10.2. The number of allylic oxidation sites excluding steroid dienone is 4. The van der Waals surface area contributed by atoms with Crippen LogP contribution in [0.2, 0.25) is 0 Å². The average Bonchev–Trinajstić information content (AvgIpc) is 2.09. The third-order valence-corrected chi connectivity index (χ3v) is 1.78. The lowest BCUT2D eigenvalue weighted by molar-refractivity contribution is 1.01. The highest BCUT2D eigenvalue weighted by atomic mass is 14.8. The molecule has 0 saturated heterocycles. The standard InChI is InChI=1S/C11H14N2/c1-3-10(12-2)11-8-6-4-5-7-9-13-11/h3-6,8H,1,7,9H2,2H3/b5-4+,8-6?,12-10?,13-11?. The van der Waals surface area contributed by atoms with Crippen LogP contribution in [0.25, 0.3) is 0 Å². The first kappa shape index (κ1) is 9.65. The zero-order valence-electron chi connectivity index (χ0n) is 7.90. The van der Waals surface area contributed by atoms with Crippen molar-refractivity contribution in [3.05, 3.63) is 37.0 Å². The summed E-state index contributed by atoms with van der Waals surface area (Å²) in [6.45, 7) is 4.52. The Morgan fingerprint density at radius 1 is 1.62 bits per heavy atom. The molecule has 1 aliphatic rings. The molecule has 68 valence electrons. The Morgan fingerprint density at radius 3 is 3.15 bits per heavy atom. The van der Waals surface area contributed by atoms with E-state index in [9.17, 15) is 0 Å². The molecule has 0 unspecified atom stereocenters. The van der Waals surface area contributed by atoms with Crippen LogP contribution in [0, 0.1) is 0 Å². The van der Waals surface area contributed by atoms with E-state index < -0.39 is 0 Å². The highest BCUT2D eigenvalue weighted by molar-refractivity contribution is 6.50. The first-order chi connectivity index (χ1) is 6.38. The van der Waals surface area contributed by atoms with E-state index in [4.69, 9.17) is 0 Å². The predicted molar refractivity (Wildman–Crippen MR) is 58.8 cm³/mol. The monoisotopic (exact) mass is 174 g/mol. The van der Waals surface area contributed by atoms with E-state index in [1.807, 2.05) is 18.2 Å². The molecule has 0 fully saturated rings. The van der Waals surface area contributed by atoms with Crippen LogP contribution in [0.3, 0.4) is 0 Å². The summed E-state index contributed by atoms with van der Waals surface area (Å²) in [5.74, 6) is 0. The van der Waals surface area contributed by atoms with Crippen molar-refractivity contribution in [3.63, 3.8) is 0 Å². The van der Waals surface area contributed by atoms with E-state index in [0.29, 0.717) is 0 Å². The van der Waals surface area contributed by atoms with Gasteiger partial charge in [0.15, 0.2) is 0 Å². The van der Waals surface area contributed by atoms with Gasteiger partial charge in [-0.3, -0.25) is 9.98 Å². The van der Waals surface area contributed by atoms with Crippen LogP contribution in [0.4, 0.5) is 0 Å². The van der Waals surface area contributed by atoms with Gasteiger partial charge < -0.3 is 0 Å². The predicted octanol–water partition coefficient (Wildman–Crippen LogP) is 2.20. The van der Waals surface area contributed by atoms with Gasteiger partial charge in [0.1, 0.15) is 0 Å². The summed E-state index contributed by atoms with van der Waals surface area (Å²) >= 11 is 0. The highest BCUT2D eigenvalue weighted by Gasteiger charge is 1.99. The molecule has 0 aromatic heterocycles. The van der Waals surface area contributed by atoms with Crippen LogP contribution in [0.5, 0.6) is 0 Å². The molecule has 0 amide bonds. The van der Waals surface area contributed by atoms with E-state index in [1.54, 1.807) is 13.1 Å². The maximum Gasteiger partial charge on any atom is 0.0826 e. The molecule has 0 bridgehead atoms. The molecule has 0 aliphatic carbocycles. The zero-order valence-corrected chi connectivity index (χ0v) is 7.90. The minimum Gasteiger partial charge on any atom is -0.286 e. The summed E-state index contributed by atoms with van der Waals surface area (Å²) in [4.78, 5) is 8.50. The van der Waals surface area contributed by atoms with Crippen molar-refractivity contribution in [2.45, 2.75) is 6.42 Å². The Labute approximate surface area is 79.1 Å². The molecule has 0 saturated carbocycles. The minimum atomic E-state index is 0.822. The van der Waals surface area contributed by atoms with Gasteiger partial charge in [-0.05, 0) is 18.6 Å². The highest BCUT2D eigenvalue weighted by Crippen LogP contribution is 1.97. The van der Waals surface area contributed by atoms with Gasteiger partial charge in [-0.25, -0.2) is 0 Å². The van der Waals surface area contributed by atoms with Crippen molar-refractivity contribution in [2.75, 3.05) is 13.6 Å². The molecule has 2 heteroatoms. The molecule has 0 radical (unpaired) electrons. The van der Waals surface area contributed by atoms with Crippen molar-refractivity contribution < 1.29 is 0 Å². The van der Waals surface area contributed by atoms with Gasteiger partial charge in [0, 0.05) is 13.6 Å². The van der Waals surface area contributed by atoms with Crippen LogP contribution in [0.1, 0.15) is 6.42 Å². The van der Waals surface area contributed by atoms with Crippen molar-refractivity contribution in [3.8, 4) is 0 Å². The third-order valence-electron chi connectivity index (χ3n) is 1.78. The number of nitrogens with zero attached hydrogens (tertiary/aromatic N) is 2. The minimum absolute atomic E-state index is 0.822. The average molecular weight is 174 g/mol. The molecule has 0 atom stereocenters. The van der Waals surface area contributed by atoms with Gasteiger partial charge in [0.05, 0.1) is 11.4 Å². The van der Waals surface area contributed by atoms with E-state index >= 15 is 0 Å². The Bertz CT molecular complexity index is 293. The summed E-state index contributed by atoms with van der Waals surface area (Å²) in [5.41, 5.74) is 1.77. The summed E-state index contributed by atoms with van der Waals surface area (Å²) in [6, 6.07) is 0. The van der Waals surface area contributed by atoms with Crippen molar-refractivity contribution in [1.29, 1.82) is 0 Å². The second-order valence-corrected chi connectivity index (χ2v) is 2.66. The van der Waals surface area contributed by atoms with Gasteiger partial charge in [-0.1, -0.05) is 24.8 Å². The Morgan fingerprint density at radius 2 is 2.46 bits per heavy atom. The quantitative estimate of drug-likeness (QED) is 0.573. The smallest absolute Gasteiger partial charge is 0.0826 e. The van der Waals surface area contributed by atoms with Crippen molar-refractivity contribution in [1.82, 2.24) is 0 Å². The Balaban J connectivity index is 2.88. The Kier molecular flexibility index (Phi) is 3.89. The number of hydrogen-bond acceptors (Lipinski definition) is 2. The molecule has 0 N–H and O–H groups in total. The van der Waals surface area contributed by atoms with Gasteiger partial charge >= 0.3 is 0 Å². The molecule has 0 spiro atoms.